The number of hydrogen-bond donors (Lipinski definition) is 1. The van der Waals surface area contributed by atoms with Gasteiger partial charge in [-0.3, -0.25) is 14.9 Å². The summed E-state index contributed by atoms with van der Waals surface area (Å²) in [4.78, 5) is 26.0. The fourth-order valence-electron chi connectivity index (χ4n) is 4.56. The summed E-state index contributed by atoms with van der Waals surface area (Å²) >= 11 is 0. The van der Waals surface area contributed by atoms with Crippen LogP contribution in [0.1, 0.15) is 59.2 Å². The number of amides is 2. The average molecular weight is 406 g/mol. The second kappa shape index (κ2) is 7.93. The van der Waals surface area contributed by atoms with E-state index >= 15 is 0 Å². The van der Waals surface area contributed by atoms with Gasteiger partial charge < -0.3 is 4.90 Å². The van der Waals surface area contributed by atoms with E-state index in [9.17, 15) is 18.0 Å². The van der Waals surface area contributed by atoms with Crippen LogP contribution in [0.2, 0.25) is 0 Å². The van der Waals surface area contributed by atoms with Crippen LogP contribution in [0.5, 0.6) is 0 Å². The Labute approximate surface area is 166 Å². The van der Waals surface area contributed by atoms with Gasteiger partial charge >= 0.3 is 0 Å². The van der Waals surface area contributed by atoms with Gasteiger partial charge in [0.25, 0.3) is 11.8 Å². The van der Waals surface area contributed by atoms with Crippen LogP contribution in [0.25, 0.3) is 0 Å². The van der Waals surface area contributed by atoms with Crippen LogP contribution in [0, 0.1) is 5.92 Å². The Balaban J connectivity index is 1.45. The van der Waals surface area contributed by atoms with Crippen LogP contribution in [0.3, 0.4) is 0 Å². The van der Waals surface area contributed by atoms with Gasteiger partial charge in [0.1, 0.15) is 0 Å². The zero-order valence-electron chi connectivity index (χ0n) is 16.0. The van der Waals surface area contributed by atoms with E-state index in [0.29, 0.717) is 13.1 Å². The number of rotatable bonds is 4. The number of sulfonamides is 1. The summed E-state index contributed by atoms with van der Waals surface area (Å²) in [6.45, 7) is 3.65. The molecular formula is C20H27N3O4S. The highest BCUT2D eigenvalue weighted by Crippen LogP contribution is 2.26. The van der Waals surface area contributed by atoms with Crippen LogP contribution in [0.4, 0.5) is 0 Å². The summed E-state index contributed by atoms with van der Waals surface area (Å²) in [5.74, 6) is -0.270. The minimum Gasteiger partial charge on any atom is -0.302 e. The number of carbonyl (C=O) groups is 2. The van der Waals surface area contributed by atoms with Crippen LogP contribution in [0.15, 0.2) is 23.1 Å². The summed E-state index contributed by atoms with van der Waals surface area (Å²) < 4.78 is 27.7. The molecule has 1 aromatic carbocycles. The summed E-state index contributed by atoms with van der Waals surface area (Å²) in [6, 6.07) is 4.18. The molecule has 0 aromatic heterocycles. The molecule has 7 nitrogen and oxygen atoms in total. The van der Waals surface area contributed by atoms with Crippen molar-refractivity contribution in [3.63, 3.8) is 0 Å². The first kappa shape index (κ1) is 19.5. The summed E-state index contributed by atoms with van der Waals surface area (Å²) in [5.41, 5.74) is 0.373. The fraction of sp³-hybridized carbons (Fsp3) is 0.600. The highest BCUT2D eigenvalue weighted by atomic mass is 32.2. The van der Waals surface area contributed by atoms with Crippen molar-refractivity contribution < 1.29 is 18.0 Å². The lowest BCUT2D eigenvalue weighted by Crippen LogP contribution is -2.37. The topological polar surface area (TPSA) is 86.8 Å². The largest absolute Gasteiger partial charge is 0.302 e. The van der Waals surface area contributed by atoms with Gasteiger partial charge in [0.15, 0.2) is 0 Å². The number of nitrogens with one attached hydrogen (secondary N) is 1. The van der Waals surface area contributed by atoms with Gasteiger partial charge in [-0.05, 0) is 49.9 Å². The maximum Gasteiger partial charge on any atom is 0.258 e. The third-order valence-electron chi connectivity index (χ3n) is 6.13. The van der Waals surface area contributed by atoms with E-state index in [1.807, 2.05) is 0 Å². The SMILES string of the molecule is O=C1NC(=O)c2cc(S(=O)(=O)N3CCCN(CC4CCCCC4)CC3)ccc21. The number of fused-ring (bicyclic) bond motifs is 1. The molecule has 2 aliphatic heterocycles. The summed E-state index contributed by atoms with van der Waals surface area (Å²) in [6.07, 6.45) is 7.34. The van der Waals surface area contributed by atoms with Crippen molar-refractivity contribution in [1.29, 1.82) is 0 Å². The van der Waals surface area contributed by atoms with Crippen molar-refractivity contribution in [2.75, 3.05) is 32.7 Å². The van der Waals surface area contributed by atoms with Crippen molar-refractivity contribution in [3.05, 3.63) is 29.3 Å². The van der Waals surface area contributed by atoms with E-state index in [2.05, 4.69) is 10.2 Å². The van der Waals surface area contributed by atoms with Crippen molar-refractivity contribution >= 4 is 21.8 Å². The maximum atomic E-state index is 13.1. The minimum absolute atomic E-state index is 0.0804. The van der Waals surface area contributed by atoms with E-state index in [-0.39, 0.29) is 16.0 Å². The van der Waals surface area contributed by atoms with E-state index < -0.39 is 21.8 Å². The molecule has 1 N–H and O–H groups in total. The first-order valence-corrected chi connectivity index (χ1v) is 11.6. The summed E-state index contributed by atoms with van der Waals surface area (Å²) in [7, 11) is -3.69. The van der Waals surface area contributed by atoms with E-state index in [1.165, 1.54) is 54.6 Å². The predicted octanol–water partition coefficient (Wildman–Crippen LogP) is 1.85. The molecule has 0 radical (unpaired) electrons. The van der Waals surface area contributed by atoms with Gasteiger partial charge in [-0.15, -0.1) is 0 Å². The Morgan fingerprint density at radius 1 is 0.893 bits per heavy atom. The molecule has 3 aliphatic rings. The molecule has 2 heterocycles. The molecule has 2 amide bonds. The number of hydrogen-bond acceptors (Lipinski definition) is 5. The standard InChI is InChI=1S/C20H27N3O4S/c24-19-17-8-7-16(13-18(17)20(25)21-19)28(26,27)23-10-4-9-22(11-12-23)14-15-5-2-1-3-6-15/h7-8,13,15H,1-6,9-12,14H2,(H,21,24,25). The van der Waals surface area contributed by atoms with Crippen LogP contribution < -0.4 is 5.32 Å². The maximum absolute atomic E-state index is 13.1. The van der Waals surface area contributed by atoms with E-state index in [4.69, 9.17) is 0 Å². The lowest BCUT2D eigenvalue weighted by Gasteiger charge is -2.28. The molecule has 1 saturated carbocycles. The highest BCUT2D eigenvalue weighted by molar-refractivity contribution is 7.89. The van der Waals surface area contributed by atoms with Crippen LogP contribution in [-0.2, 0) is 10.0 Å². The minimum atomic E-state index is -3.69. The molecule has 28 heavy (non-hydrogen) atoms. The quantitative estimate of drug-likeness (QED) is 0.773. The molecule has 2 fully saturated rings. The molecular weight excluding hydrogens is 378 g/mol. The Morgan fingerprint density at radius 3 is 2.43 bits per heavy atom. The summed E-state index contributed by atoms with van der Waals surface area (Å²) in [5, 5.41) is 2.20. The van der Waals surface area contributed by atoms with Crippen molar-refractivity contribution in [1.82, 2.24) is 14.5 Å². The number of nitrogens with zero attached hydrogens (tertiary/aromatic N) is 2. The zero-order valence-corrected chi connectivity index (χ0v) is 16.8. The molecule has 152 valence electrons. The molecule has 0 bridgehead atoms. The smallest absolute Gasteiger partial charge is 0.258 e. The van der Waals surface area contributed by atoms with Crippen molar-refractivity contribution in [2.45, 2.75) is 43.4 Å². The molecule has 1 saturated heterocycles. The Kier molecular flexibility index (Phi) is 5.53. The molecule has 0 spiro atoms. The second-order valence-electron chi connectivity index (χ2n) is 8.05. The third kappa shape index (κ3) is 3.86. The Hall–Kier alpha value is -1.77. The molecule has 4 rings (SSSR count). The van der Waals surface area contributed by atoms with Gasteiger partial charge in [-0.25, -0.2) is 8.42 Å². The molecule has 8 heteroatoms. The van der Waals surface area contributed by atoms with Gasteiger partial charge in [-0.1, -0.05) is 19.3 Å². The molecule has 1 aliphatic carbocycles. The zero-order chi connectivity index (χ0) is 19.7. The first-order valence-electron chi connectivity index (χ1n) is 10.2. The monoisotopic (exact) mass is 405 g/mol. The normalized spacial score (nSPS) is 22.7. The van der Waals surface area contributed by atoms with Crippen molar-refractivity contribution in [3.8, 4) is 0 Å². The van der Waals surface area contributed by atoms with Crippen LogP contribution in [-0.4, -0.2) is 62.2 Å². The van der Waals surface area contributed by atoms with E-state index in [0.717, 1.165) is 32.0 Å². The second-order valence-corrected chi connectivity index (χ2v) is 9.99. The number of carbonyl (C=O) groups excluding carboxylic acids is 2. The lowest BCUT2D eigenvalue weighted by molar-refractivity contribution is 0.0879. The Morgan fingerprint density at radius 2 is 1.64 bits per heavy atom. The van der Waals surface area contributed by atoms with Crippen molar-refractivity contribution in [2.24, 2.45) is 5.92 Å². The molecule has 0 unspecified atom stereocenters. The van der Waals surface area contributed by atoms with Gasteiger partial charge in [-0.2, -0.15) is 4.31 Å². The van der Waals surface area contributed by atoms with Gasteiger partial charge in [0.05, 0.1) is 16.0 Å². The first-order chi connectivity index (χ1) is 13.4. The number of imide groups is 1. The predicted molar refractivity (Wildman–Crippen MR) is 105 cm³/mol. The molecule has 0 atom stereocenters. The highest BCUT2D eigenvalue weighted by Gasteiger charge is 2.32. The fourth-order valence-corrected chi connectivity index (χ4v) is 6.06. The third-order valence-corrected chi connectivity index (χ3v) is 8.03. The van der Waals surface area contributed by atoms with Crippen LogP contribution >= 0.6 is 0 Å². The van der Waals surface area contributed by atoms with E-state index in [1.54, 1.807) is 0 Å². The number of benzene rings is 1. The molecule has 1 aromatic rings. The van der Waals surface area contributed by atoms with Gasteiger partial charge in [0, 0.05) is 26.2 Å². The lowest BCUT2D eigenvalue weighted by atomic mass is 9.89. The van der Waals surface area contributed by atoms with Gasteiger partial charge in [0.2, 0.25) is 10.0 Å². The Bertz CT molecular complexity index is 877. The average Bonchev–Trinajstić information content (AvgIpc) is 2.85.